The fourth-order valence-corrected chi connectivity index (χ4v) is 1.05. The summed E-state index contributed by atoms with van der Waals surface area (Å²) in [5.74, 6) is 7.05. The van der Waals surface area contributed by atoms with Crippen LogP contribution in [0.3, 0.4) is 0 Å². The summed E-state index contributed by atoms with van der Waals surface area (Å²) in [5, 5.41) is 0. The summed E-state index contributed by atoms with van der Waals surface area (Å²) in [5.41, 5.74) is 6.56. The lowest BCUT2D eigenvalue weighted by Crippen LogP contribution is -2.15. The van der Waals surface area contributed by atoms with E-state index in [0.29, 0.717) is 5.82 Å². The number of nitrogens with two attached hydrogens (primary N) is 2. The van der Waals surface area contributed by atoms with Gasteiger partial charge < -0.3 is 11.6 Å². The molecule has 1 rings (SSSR count). The number of rotatable bonds is 2. The van der Waals surface area contributed by atoms with Gasteiger partial charge in [-0.15, -0.1) is 0 Å². The van der Waals surface area contributed by atoms with Gasteiger partial charge in [-0.1, -0.05) is 13.8 Å². The number of nitrogen functional groups attached to an aromatic ring is 2. The number of aromatic nitrogens is 2. The van der Waals surface area contributed by atoms with Gasteiger partial charge in [-0.3, -0.25) is 0 Å². The van der Waals surface area contributed by atoms with Crippen LogP contribution < -0.4 is 11.6 Å². The molecule has 0 saturated heterocycles. The molecule has 0 aliphatic rings. The molecule has 4 N–H and O–H groups in total. The molecular weight excluding hydrogens is 140 g/mol. The number of hydrogen-bond acceptors (Lipinski definition) is 3. The van der Waals surface area contributed by atoms with E-state index in [0.717, 1.165) is 24.4 Å². The molecule has 0 bridgehead atoms. The van der Waals surface area contributed by atoms with Crippen molar-refractivity contribution in [3.63, 3.8) is 0 Å². The molecule has 0 saturated carbocycles. The molecule has 11 heavy (non-hydrogen) atoms. The molecule has 0 aliphatic heterocycles. The van der Waals surface area contributed by atoms with E-state index in [2.05, 4.69) is 4.98 Å². The van der Waals surface area contributed by atoms with Gasteiger partial charge in [-0.05, 0) is 6.42 Å². The van der Waals surface area contributed by atoms with Crippen LogP contribution in [-0.4, -0.2) is 9.66 Å². The first kappa shape index (κ1) is 7.91. The molecule has 1 aromatic rings. The summed E-state index contributed by atoms with van der Waals surface area (Å²) in [4.78, 5) is 4.26. The van der Waals surface area contributed by atoms with Crippen molar-refractivity contribution in [2.75, 3.05) is 11.6 Å². The molecule has 1 aromatic heterocycles. The van der Waals surface area contributed by atoms with Crippen LogP contribution in [0.1, 0.15) is 25.4 Å². The van der Waals surface area contributed by atoms with Crippen LogP contribution in [0.25, 0.3) is 0 Å². The van der Waals surface area contributed by atoms with Crippen molar-refractivity contribution in [1.29, 1.82) is 0 Å². The Kier molecular flexibility index (Phi) is 2.03. The van der Waals surface area contributed by atoms with Gasteiger partial charge in [-0.25, -0.2) is 9.66 Å². The summed E-state index contributed by atoms with van der Waals surface area (Å²) in [6.07, 6.45) is 1.66. The smallest absolute Gasteiger partial charge is 0.145 e. The minimum Gasteiger partial charge on any atom is -0.382 e. The van der Waals surface area contributed by atoms with Crippen molar-refractivity contribution in [3.8, 4) is 0 Å². The normalized spacial score (nSPS) is 10.4. The number of nitrogens with zero attached hydrogens (tertiary/aromatic N) is 2. The van der Waals surface area contributed by atoms with E-state index in [9.17, 15) is 0 Å². The maximum atomic E-state index is 5.66. The molecule has 0 atom stereocenters. The van der Waals surface area contributed by atoms with Crippen molar-refractivity contribution in [2.45, 2.75) is 26.7 Å². The van der Waals surface area contributed by atoms with E-state index in [1.54, 1.807) is 0 Å². The Morgan fingerprint density at radius 3 is 2.27 bits per heavy atom. The number of anilines is 1. The van der Waals surface area contributed by atoms with Crippen LogP contribution in [0.2, 0.25) is 0 Å². The SMILES string of the molecule is CCc1nc(CC)n(N)c1N. The average molecular weight is 154 g/mol. The van der Waals surface area contributed by atoms with Crippen molar-refractivity contribution < 1.29 is 0 Å². The Morgan fingerprint density at radius 1 is 1.36 bits per heavy atom. The van der Waals surface area contributed by atoms with Gasteiger partial charge in [0.25, 0.3) is 0 Å². The standard InChI is InChI=1S/C7H14N4/c1-3-5-7(8)11(9)6(4-2)10-5/h3-4,8-9H2,1-2H3. The zero-order valence-electron chi connectivity index (χ0n) is 6.96. The van der Waals surface area contributed by atoms with Crippen LogP contribution in [0.5, 0.6) is 0 Å². The first-order chi connectivity index (χ1) is 5.20. The predicted molar refractivity (Wildman–Crippen MR) is 45.5 cm³/mol. The van der Waals surface area contributed by atoms with Crippen LogP contribution in [-0.2, 0) is 12.8 Å². The topological polar surface area (TPSA) is 69.9 Å². The van der Waals surface area contributed by atoms with E-state index in [4.69, 9.17) is 11.6 Å². The van der Waals surface area contributed by atoms with Gasteiger partial charge >= 0.3 is 0 Å². The maximum Gasteiger partial charge on any atom is 0.145 e. The molecule has 4 heteroatoms. The van der Waals surface area contributed by atoms with Gasteiger partial charge in [0.2, 0.25) is 0 Å². The average Bonchev–Trinajstić information content (AvgIpc) is 2.30. The third kappa shape index (κ3) is 1.15. The largest absolute Gasteiger partial charge is 0.382 e. The zero-order chi connectivity index (χ0) is 8.43. The molecular formula is C7H14N4. The number of hydrogen-bond donors (Lipinski definition) is 2. The Morgan fingerprint density at radius 2 is 2.00 bits per heavy atom. The molecule has 62 valence electrons. The van der Waals surface area contributed by atoms with Crippen LogP contribution >= 0.6 is 0 Å². The summed E-state index contributed by atoms with van der Waals surface area (Å²) in [6, 6.07) is 0. The lowest BCUT2D eigenvalue weighted by molar-refractivity contribution is 0.862. The first-order valence-corrected chi connectivity index (χ1v) is 3.81. The minimum absolute atomic E-state index is 0.587. The Hall–Kier alpha value is -1.19. The van der Waals surface area contributed by atoms with E-state index in [-0.39, 0.29) is 0 Å². The minimum atomic E-state index is 0.587. The third-order valence-corrected chi connectivity index (χ3v) is 1.75. The molecule has 0 amide bonds. The Bertz CT molecular complexity index is 227. The second kappa shape index (κ2) is 2.82. The van der Waals surface area contributed by atoms with Crippen LogP contribution in [0, 0.1) is 0 Å². The highest BCUT2D eigenvalue weighted by molar-refractivity contribution is 5.38. The molecule has 0 spiro atoms. The Labute approximate surface area is 66.2 Å². The van der Waals surface area contributed by atoms with Crippen molar-refractivity contribution in [3.05, 3.63) is 11.5 Å². The number of aryl methyl sites for hydroxylation is 2. The predicted octanol–water partition coefficient (Wildman–Crippen LogP) is 0.304. The van der Waals surface area contributed by atoms with Gasteiger partial charge in [0, 0.05) is 6.42 Å². The first-order valence-electron chi connectivity index (χ1n) is 3.81. The van der Waals surface area contributed by atoms with Crippen LogP contribution in [0.4, 0.5) is 5.82 Å². The third-order valence-electron chi connectivity index (χ3n) is 1.75. The van der Waals surface area contributed by atoms with E-state index < -0.39 is 0 Å². The molecule has 0 aliphatic carbocycles. The van der Waals surface area contributed by atoms with Crippen molar-refractivity contribution in [1.82, 2.24) is 9.66 Å². The summed E-state index contributed by atoms with van der Waals surface area (Å²) >= 11 is 0. The van der Waals surface area contributed by atoms with Crippen molar-refractivity contribution in [2.24, 2.45) is 0 Å². The fraction of sp³-hybridized carbons (Fsp3) is 0.571. The molecule has 0 unspecified atom stereocenters. The molecule has 0 fully saturated rings. The highest BCUT2D eigenvalue weighted by Gasteiger charge is 2.08. The quantitative estimate of drug-likeness (QED) is 0.602. The van der Waals surface area contributed by atoms with E-state index in [1.165, 1.54) is 4.68 Å². The summed E-state index contributed by atoms with van der Waals surface area (Å²) < 4.78 is 1.46. The molecule has 1 heterocycles. The lowest BCUT2D eigenvalue weighted by Gasteiger charge is -1.98. The second-order valence-electron chi connectivity index (χ2n) is 2.44. The van der Waals surface area contributed by atoms with Gasteiger partial charge in [0.1, 0.15) is 11.6 Å². The summed E-state index contributed by atoms with van der Waals surface area (Å²) in [6.45, 7) is 4.02. The molecule has 0 aromatic carbocycles. The fourth-order valence-electron chi connectivity index (χ4n) is 1.05. The monoisotopic (exact) mass is 154 g/mol. The van der Waals surface area contributed by atoms with Gasteiger partial charge in [0.15, 0.2) is 0 Å². The Balaban J connectivity index is 3.12. The van der Waals surface area contributed by atoms with Gasteiger partial charge in [-0.2, -0.15) is 0 Å². The van der Waals surface area contributed by atoms with E-state index in [1.807, 2.05) is 13.8 Å². The highest BCUT2D eigenvalue weighted by atomic mass is 15.4. The lowest BCUT2D eigenvalue weighted by atomic mass is 10.3. The summed E-state index contributed by atoms with van der Waals surface area (Å²) in [7, 11) is 0. The van der Waals surface area contributed by atoms with Crippen LogP contribution in [0.15, 0.2) is 0 Å². The van der Waals surface area contributed by atoms with E-state index >= 15 is 0 Å². The highest BCUT2D eigenvalue weighted by Crippen LogP contribution is 2.11. The van der Waals surface area contributed by atoms with Crippen molar-refractivity contribution >= 4 is 5.82 Å². The second-order valence-corrected chi connectivity index (χ2v) is 2.44. The molecule has 0 radical (unpaired) electrons. The molecule has 4 nitrogen and oxygen atoms in total. The zero-order valence-corrected chi connectivity index (χ0v) is 6.96. The van der Waals surface area contributed by atoms with Gasteiger partial charge in [0.05, 0.1) is 5.69 Å². The maximum absolute atomic E-state index is 5.66. The number of imidazole rings is 1.